The first kappa shape index (κ1) is 14.1. The first-order chi connectivity index (χ1) is 10.6. The summed E-state index contributed by atoms with van der Waals surface area (Å²) in [6.45, 7) is 3.61. The molecular weight excluding hydrogens is 284 g/mol. The third-order valence-electron chi connectivity index (χ3n) is 3.55. The molecule has 0 atom stereocenters. The Bertz CT molecular complexity index is 815. The monoisotopic (exact) mass is 300 g/mol. The van der Waals surface area contributed by atoms with Crippen LogP contribution in [0.25, 0.3) is 10.9 Å². The number of anilines is 1. The molecule has 2 aromatic heterocycles. The average molecular weight is 300 g/mol. The van der Waals surface area contributed by atoms with Crippen molar-refractivity contribution in [3.8, 4) is 5.75 Å². The number of aromatic amines is 1. The van der Waals surface area contributed by atoms with Gasteiger partial charge in [0, 0.05) is 17.0 Å². The number of hydrogen-bond acceptors (Lipinski definition) is 5. The van der Waals surface area contributed by atoms with E-state index in [4.69, 9.17) is 9.26 Å². The smallest absolute Gasteiger partial charge is 0.230 e. The van der Waals surface area contributed by atoms with Gasteiger partial charge in [-0.1, -0.05) is 5.16 Å². The lowest BCUT2D eigenvalue weighted by atomic mass is 10.1. The number of fused-ring (bicyclic) bond motifs is 1. The van der Waals surface area contributed by atoms with Crippen LogP contribution in [0.15, 0.2) is 22.7 Å². The number of ether oxygens (including phenoxy) is 1. The van der Waals surface area contributed by atoms with Gasteiger partial charge in [-0.2, -0.15) is 5.10 Å². The minimum absolute atomic E-state index is 0.168. The molecule has 7 nitrogen and oxygen atoms in total. The van der Waals surface area contributed by atoms with Gasteiger partial charge < -0.3 is 14.6 Å². The number of carbonyl (C=O) groups is 1. The van der Waals surface area contributed by atoms with Crippen LogP contribution in [0.2, 0.25) is 0 Å². The Morgan fingerprint density at radius 1 is 1.41 bits per heavy atom. The minimum atomic E-state index is -0.168. The molecule has 2 heterocycles. The molecule has 0 fully saturated rings. The second kappa shape index (κ2) is 5.51. The molecule has 3 aromatic rings. The highest BCUT2D eigenvalue weighted by Gasteiger charge is 2.15. The molecule has 22 heavy (non-hydrogen) atoms. The van der Waals surface area contributed by atoms with Gasteiger partial charge >= 0.3 is 0 Å². The maximum Gasteiger partial charge on any atom is 0.230 e. The summed E-state index contributed by atoms with van der Waals surface area (Å²) in [4.78, 5) is 12.2. The summed E-state index contributed by atoms with van der Waals surface area (Å²) in [5.41, 5.74) is 2.33. The summed E-state index contributed by atoms with van der Waals surface area (Å²) in [6.07, 6.45) is 0.200. The fraction of sp³-hybridized carbons (Fsp3) is 0.267. The SMILES string of the molecule is COc1ccc2c(NC(=O)Cc3c(C)noc3C)n[nH]c2c1. The number of amides is 1. The van der Waals surface area contributed by atoms with Crippen molar-refractivity contribution in [3.05, 3.63) is 35.2 Å². The molecule has 0 saturated carbocycles. The highest BCUT2D eigenvalue weighted by Crippen LogP contribution is 2.24. The topological polar surface area (TPSA) is 93.0 Å². The van der Waals surface area contributed by atoms with Crippen LogP contribution >= 0.6 is 0 Å². The Kier molecular flexibility index (Phi) is 3.54. The largest absolute Gasteiger partial charge is 0.497 e. The highest BCUT2D eigenvalue weighted by molar-refractivity contribution is 6.00. The minimum Gasteiger partial charge on any atom is -0.497 e. The Morgan fingerprint density at radius 3 is 2.91 bits per heavy atom. The van der Waals surface area contributed by atoms with E-state index in [9.17, 15) is 4.79 Å². The second-order valence-corrected chi connectivity index (χ2v) is 5.01. The summed E-state index contributed by atoms with van der Waals surface area (Å²) in [5.74, 6) is 1.71. The van der Waals surface area contributed by atoms with Crippen LogP contribution in [0.5, 0.6) is 5.75 Å². The van der Waals surface area contributed by atoms with Crippen LogP contribution in [0, 0.1) is 13.8 Å². The van der Waals surface area contributed by atoms with Gasteiger partial charge in [-0.3, -0.25) is 9.89 Å². The quantitative estimate of drug-likeness (QED) is 0.771. The third kappa shape index (κ3) is 2.52. The van der Waals surface area contributed by atoms with Crippen LogP contribution in [-0.2, 0) is 11.2 Å². The molecule has 0 aliphatic heterocycles. The Morgan fingerprint density at radius 2 is 2.23 bits per heavy atom. The van der Waals surface area contributed by atoms with E-state index >= 15 is 0 Å². The molecule has 0 unspecified atom stereocenters. The van der Waals surface area contributed by atoms with Crippen LogP contribution in [0.3, 0.4) is 0 Å². The van der Waals surface area contributed by atoms with E-state index in [2.05, 4.69) is 20.7 Å². The van der Waals surface area contributed by atoms with Crippen LogP contribution in [0.1, 0.15) is 17.0 Å². The number of nitrogens with zero attached hydrogens (tertiary/aromatic N) is 2. The predicted octanol–water partition coefficient (Wildman–Crippen LogP) is 2.36. The number of nitrogens with one attached hydrogen (secondary N) is 2. The van der Waals surface area contributed by atoms with E-state index < -0.39 is 0 Å². The summed E-state index contributed by atoms with van der Waals surface area (Å²) in [5, 5.41) is 14.5. The van der Waals surface area contributed by atoms with Gasteiger partial charge in [0.1, 0.15) is 11.5 Å². The number of aromatic nitrogens is 3. The molecular formula is C15H16N4O3. The van der Waals surface area contributed by atoms with Gasteiger partial charge in [-0.15, -0.1) is 0 Å². The zero-order valence-electron chi connectivity index (χ0n) is 12.6. The first-order valence-electron chi connectivity index (χ1n) is 6.82. The number of aryl methyl sites for hydroxylation is 2. The van der Waals surface area contributed by atoms with Crippen molar-refractivity contribution < 1.29 is 14.1 Å². The van der Waals surface area contributed by atoms with E-state index in [1.807, 2.05) is 25.1 Å². The van der Waals surface area contributed by atoms with Crippen molar-refractivity contribution in [1.29, 1.82) is 0 Å². The zero-order valence-corrected chi connectivity index (χ0v) is 12.6. The van der Waals surface area contributed by atoms with Gasteiger partial charge in [0.15, 0.2) is 5.82 Å². The standard InChI is InChI=1S/C15H16N4O3/c1-8-12(9(2)22-19-8)7-14(20)16-15-11-5-4-10(21-3)6-13(11)17-18-15/h4-6H,7H2,1-3H3,(H2,16,17,18,20). The van der Waals surface area contributed by atoms with Gasteiger partial charge in [0.05, 0.1) is 24.7 Å². The normalized spacial score (nSPS) is 10.9. The van der Waals surface area contributed by atoms with Gasteiger partial charge in [0.2, 0.25) is 5.91 Å². The number of H-pyrrole nitrogens is 1. The van der Waals surface area contributed by atoms with Crippen molar-refractivity contribution >= 4 is 22.6 Å². The lowest BCUT2D eigenvalue weighted by molar-refractivity contribution is -0.115. The molecule has 3 rings (SSSR count). The zero-order chi connectivity index (χ0) is 15.7. The molecule has 2 N–H and O–H groups in total. The Labute approximate surface area is 126 Å². The van der Waals surface area contributed by atoms with Gasteiger partial charge in [-0.05, 0) is 26.0 Å². The van der Waals surface area contributed by atoms with Crippen molar-refractivity contribution in [1.82, 2.24) is 15.4 Å². The maximum atomic E-state index is 12.2. The Hall–Kier alpha value is -2.83. The predicted molar refractivity (Wildman–Crippen MR) is 81.0 cm³/mol. The summed E-state index contributed by atoms with van der Waals surface area (Å²) in [6, 6.07) is 5.50. The van der Waals surface area contributed by atoms with Crippen molar-refractivity contribution in [2.45, 2.75) is 20.3 Å². The third-order valence-corrected chi connectivity index (χ3v) is 3.55. The second-order valence-electron chi connectivity index (χ2n) is 5.01. The number of hydrogen-bond donors (Lipinski definition) is 2. The molecule has 0 aliphatic carbocycles. The molecule has 0 bridgehead atoms. The molecule has 7 heteroatoms. The average Bonchev–Trinajstić information content (AvgIpc) is 3.05. The van der Waals surface area contributed by atoms with Crippen LogP contribution in [0.4, 0.5) is 5.82 Å². The number of benzene rings is 1. The number of carbonyl (C=O) groups excluding carboxylic acids is 1. The van der Waals surface area contributed by atoms with Crippen LogP contribution < -0.4 is 10.1 Å². The van der Waals surface area contributed by atoms with E-state index in [-0.39, 0.29) is 12.3 Å². The molecule has 0 radical (unpaired) electrons. The summed E-state index contributed by atoms with van der Waals surface area (Å²) < 4.78 is 10.2. The van der Waals surface area contributed by atoms with Crippen molar-refractivity contribution in [3.63, 3.8) is 0 Å². The van der Waals surface area contributed by atoms with Crippen LogP contribution in [-0.4, -0.2) is 28.4 Å². The van der Waals surface area contributed by atoms with Crippen molar-refractivity contribution in [2.24, 2.45) is 0 Å². The highest BCUT2D eigenvalue weighted by atomic mass is 16.5. The Balaban J connectivity index is 1.80. The van der Waals surface area contributed by atoms with Gasteiger partial charge in [0.25, 0.3) is 0 Å². The van der Waals surface area contributed by atoms with Gasteiger partial charge in [-0.25, -0.2) is 0 Å². The summed E-state index contributed by atoms with van der Waals surface area (Å²) in [7, 11) is 1.60. The molecule has 114 valence electrons. The van der Waals surface area contributed by atoms with E-state index in [1.54, 1.807) is 14.0 Å². The fourth-order valence-electron chi connectivity index (χ4n) is 2.31. The van der Waals surface area contributed by atoms with Crippen molar-refractivity contribution in [2.75, 3.05) is 12.4 Å². The lowest BCUT2D eigenvalue weighted by Gasteiger charge is -2.03. The van der Waals surface area contributed by atoms with E-state index in [0.29, 0.717) is 11.6 Å². The number of methoxy groups -OCH3 is 1. The van der Waals surface area contributed by atoms with E-state index in [1.165, 1.54) is 0 Å². The molecule has 0 saturated heterocycles. The molecule has 0 spiro atoms. The molecule has 1 amide bonds. The fourth-order valence-corrected chi connectivity index (χ4v) is 2.31. The molecule has 1 aromatic carbocycles. The van der Waals surface area contributed by atoms with E-state index in [0.717, 1.165) is 27.9 Å². The summed E-state index contributed by atoms with van der Waals surface area (Å²) >= 11 is 0. The lowest BCUT2D eigenvalue weighted by Crippen LogP contribution is -2.15. The molecule has 0 aliphatic rings. The first-order valence-corrected chi connectivity index (χ1v) is 6.82. The maximum absolute atomic E-state index is 12.2. The number of rotatable bonds is 4.